The van der Waals surface area contributed by atoms with Crippen molar-refractivity contribution in [2.45, 2.75) is 19.5 Å². The van der Waals surface area contributed by atoms with Crippen LogP contribution in [0.5, 0.6) is 0 Å². The Hall–Kier alpha value is -1.50. The minimum atomic E-state index is -0.106. The summed E-state index contributed by atoms with van der Waals surface area (Å²) in [7, 11) is 0. The number of piperazine rings is 1. The second kappa shape index (κ2) is 6.51. The zero-order valence-corrected chi connectivity index (χ0v) is 12.9. The fraction of sp³-hybridized carbons (Fsp3) is 0.467. The summed E-state index contributed by atoms with van der Waals surface area (Å²) in [6, 6.07) is 8.07. The molecule has 1 amide bonds. The number of aromatic nitrogens is 1. The molecule has 0 saturated carbocycles. The van der Waals surface area contributed by atoms with Crippen LogP contribution in [-0.4, -0.2) is 48.0 Å². The Morgan fingerprint density at radius 3 is 3.19 bits per heavy atom. The molecule has 1 atom stereocenters. The molecule has 3 rings (SSSR count). The summed E-state index contributed by atoms with van der Waals surface area (Å²) < 4.78 is 1.21. The molecule has 1 aliphatic rings. The van der Waals surface area contributed by atoms with Gasteiger partial charge in [0.25, 0.3) is 0 Å². The van der Waals surface area contributed by atoms with Crippen molar-refractivity contribution in [2.24, 2.45) is 0 Å². The lowest BCUT2D eigenvalue weighted by Gasteiger charge is -2.34. The van der Waals surface area contributed by atoms with E-state index in [1.54, 1.807) is 11.3 Å². The molecule has 0 aliphatic carbocycles. The molecule has 0 bridgehead atoms. The van der Waals surface area contributed by atoms with Gasteiger partial charge < -0.3 is 10.6 Å². The van der Waals surface area contributed by atoms with Gasteiger partial charge in [-0.05, 0) is 19.1 Å². The Morgan fingerprint density at radius 1 is 1.52 bits per heavy atom. The van der Waals surface area contributed by atoms with Crippen LogP contribution in [0.25, 0.3) is 10.2 Å². The Balaban J connectivity index is 1.75. The van der Waals surface area contributed by atoms with Crippen molar-refractivity contribution >= 4 is 27.5 Å². The maximum Gasteiger partial charge on any atom is 0.238 e. The Kier molecular flexibility index (Phi) is 4.48. The molecule has 5 nitrogen and oxygen atoms in total. The number of nitrogens with one attached hydrogen (secondary N) is 2. The number of para-hydroxylation sites is 1. The molecule has 1 aromatic carbocycles. The highest BCUT2D eigenvalue weighted by atomic mass is 32.1. The number of rotatable bonds is 4. The number of amides is 1. The van der Waals surface area contributed by atoms with Crippen molar-refractivity contribution in [1.82, 2.24) is 20.5 Å². The summed E-state index contributed by atoms with van der Waals surface area (Å²) in [5.74, 6) is 0.103. The zero-order valence-electron chi connectivity index (χ0n) is 12.1. The molecule has 1 fully saturated rings. The fourth-order valence-electron chi connectivity index (χ4n) is 2.65. The first kappa shape index (κ1) is 14.4. The summed E-state index contributed by atoms with van der Waals surface area (Å²) in [5.41, 5.74) is 1.04. The van der Waals surface area contributed by atoms with Gasteiger partial charge in [-0.15, -0.1) is 11.3 Å². The average molecular weight is 304 g/mol. The van der Waals surface area contributed by atoms with Gasteiger partial charge in [-0.2, -0.15) is 0 Å². The number of benzene rings is 1. The van der Waals surface area contributed by atoms with Crippen LogP contribution in [0.15, 0.2) is 24.3 Å². The molecule has 1 saturated heterocycles. The maximum atomic E-state index is 12.2. The van der Waals surface area contributed by atoms with Crippen LogP contribution in [0.3, 0.4) is 0 Å². The molecule has 0 radical (unpaired) electrons. The number of thiazole rings is 1. The topological polar surface area (TPSA) is 57.3 Å². The number of hydrogen-bond acceptors (Lipinski definition) is 5. The van der Waals surface area contributed by atoms with E-state index in [9.17, 15) is 4.79 Å². The van der Waals surface area contributed by atoms with Gasteiger partial charge in [-0.25, -0.2) is 4.98 Å². The van der Waals surface area contributed by atoms with Gasteiger partial charge >= 0.3 is 0 Å². The molecule has 0 spiro atoms. The van der Waals surface area contributed by atoms with Gasteiger partial charge in [-0.1, -0.05) is 12.1 Å². The maximum absolute atomic E-state index is 12.2. The summed E-state index contributed by atoms with van der Waals surface area (Å²) in [6.45, 7) is 5.86. The van der Waals surface area contributed by atoms with Crippen molar-refractivity contribution in [3.8, 4) is 0 Å². The molecule has 6 heteroatoms. The molecule has 1 unspecified atom stereocenters. The van der Waals surface area contributed by atoms with E-state index in [1.165, 1.54) is 4.70 Å². The number of hydrogen-bond donors (Lipinski definition) is 2. The van der Waals surface area contributed by atoms with E-state index in [-0.39, 0.29) is 11.9 Å². The molecular formula is C15H20N4OS. The van der Waals surface area contributed by atoms with Gasteiger partial charge in [0.1, 0.15) is 11.0 Å². The van der Waals surface area contributed by atoms with Crippen LogP contribution in [0.4, 0.5) is 0 Å². The first-order chi connectivity index (χ1) is 10.3. The van der Waals surface area contributed by atoms with E-state index in [1.807, 2.05) is 25.1 Å². The Morgan fingerprint density at radius 2 is 2.38 bits per heavy atom. The number of nitrogens with zero attached hydrogens (tertiary/aromatic N) is 2. The van der Waals surface area contributed by atoms with Crippen LogP contribution in [0.2, 0.25) is 0 Å². The first-order valence-electron chi connectivity index (χ1n) is 7.35. The highest BCUT2D eigenvalue weighted by Gasteiger charge is 2.28. The van der Waals surface area contributed by atoms with Crippen LogP contribution < -0.4 is 10.6 Å². The van der Waals surface area contributed by atoms with E-state index < -0.39 is 0 Å². The van der Waals surface area contributed by atoms with E-state index >= 15 is 0 Å². The normalized spacial score (nSPS) is 19.8. The Labute approximate surface area is 128 Å². The van der Waals surface area contributed by atoms with E-state index in [0.717, 1.165) is 30.2 Å². The second-order valence-electron chi connectivity index (χ2n) is 5.16. The average Bonchev–Trinajstić information content (AvgIpc) is 2.90. The number of fused-ring (bicyclic) bond motifs is 1. The van der Waals surface area contributed by atoms with Crippen molar-refractivity contribution in [1.29, 1.82) is 0 Å². The fourth-order valence-corrected chi connectivity index (χ4v) is 3.64. The molecule has 1 aliphatic heterocycles. The van der Waals surface area contributed by atoms with Crippen molar-refractivity contribution in [3.05, 3.63) is 29.3 Å². The number of carbonyl (C=O) groups is 1. The predicted molar refractivity (Wildman–Crippen MR) is 85.4 cm³/mol. The predicted octanol–water partition coefficient (Wildman–Crippen LogP) is 1.21. The van der Waals surface area contributed by atoms with Gasteiger partial charge in [0.05, 0.1) is 16.8 Å². The lowest BCUT2D eigenvalue weighted by molar-refractivity contribution is -0.127. The number of likely N-dealkylation sites (N-methyl/N-ethyl adjacent to an activating group) is 1. The van der Waals surface area contributed by atoms with Crippen LogP contribution in [0, 0.1) is 0 Å². The van der Waals surface area contributed by atoms with Crippen molar-refractivity contribution < 1.29 is 4.79 Å². The van der Waals surface area contributed by atoms with Crippen LogP contribution in [-0.2, 0) is 11.3 Å². The molecular weight excluding hydrogens is 284 g/mol. The van der Waals surface area contributed by atoms with Crippen molar-refractivity contribution in [3.63, 3.8) is 0 Å². The minimum Gasteiger partial charge on any atom is -0.355 e. The first-order valence-corrected chi connectivity index (χ1v) is 8.16. The highest BCUT2D eigenvalue weighted by molar-refractivity contribution is 7.18. The third-order valence-electron chi connectivity index (χ3n) is 3.68. The largest absolute Gasteiger partial charge is 0.355 e. The number of carbonyl (C=O) groups excluding carboxylic acids is 1. The second-order valence-corrected chi connectivity index (χ2v) is 6.28. The molecule has 2 heterocycles. The summed E-state index contributed by atoms with van der Waals surface area (Å²) in [5, 5.41) is 7.29. The van der Waals surface area contributed by atoms with Gasteiger partial charge in [0.2, 0.25) is 5.91 Å². The van der Waals surface area contributed by atoms with E-state index in [4.69, 9.17) is 0 Å². The molecule has 2 aromatic rings. The lowest BCUT2D eigenvalue weighted by atomic mass is 10.1. The van der Waals surface area contributed by atoms with Crippen LogP contribution >= 0.6 is 11.3 Å². The summed E-state index contributed by atoms with van der Waals surface area (Å²) in [4.78, 5) is 19.1. The molecule has 1 aromatic heterocycles. The van der Waals surface area contributed by atoms with Crippen molar-refractivity contribution in [2.75, 3.05) is 26.2 Å². The standard InChI is InChI=1S/C15H20N4OS/c1-2-17-15(20)12-9-16-7-8-19(12)10-14-18-11-5-3-4-6-13(11)21-14/h3-6,12,16H,2,7-10H2,1H3,(H,17,20). The summed E-state index contributed by atoms with van der Waals surface area (Å²) in [6.07, 6.45) is 0. The van der Waals surface area contributed by atoms with E-state index in [0.29, 0.717) is 13.1 Å². The zero-order chi connectivity index (χ0) is 14.7. The quantitative estimate of drug-likeness (QED) is 0.891. The van der Waals surface area contributed by atoms with Gasteiger partial charge in [0, 0.05) is 26.2 Å². The van der Waals surface area contributed by atoms with Gasteiger partial charge in [0.15, 0.2) is 0 Å². The Bertz CT molecular complexity index is 594. The van der Waals surface area contributed by atoms with E-state index in [2.05, 4.69) is 26.6 Å². The SMILES string of the molecule is CCNC(=O)C1CNCCN1Cc1nc2ccccc2s1. The van der Waals surface area contributed by atoms with Gasteiger partial charge in [-0.3, -0.25) is 9.69 Å². The monoisotopic (exact) mass is 304 g/mol. The highest BCUT2D eigenvalue weighted by Crippen LogP contribution is 2.23. The molecule has 2 N–H and O–H groups in total. The van der Waals surface area contributed by atoms with Crippen LogP contribution in [0.1, 0.15) is 11.9 Å². The third-order valence-corrected chi connectivity index (χ3v) is 4.71. The smallest absolute Gasteiger partial charge is 0.238 e. The molecule has 112 valence electrons. The molecule has 21 heavy (non-hydrogen) atoms. The lowest BCUT2D eigenvalue weighted by Crippen LogP contribution is -2.57. The summed E-state index contributed by atoms with van der Waals surface area (Å²) >= 11 is 1.71. The third kappa shape index (κ3) is 3.23. The minimum absolute atomic E-state index is 0.103.